The smallest absolute Gasteiger partial charge is 0.265 e. The van der Waals surface area contributed by atoms with Crippen molar-refractivity contribution in [1.82, 2.24) is 10.2 Å². The maximum Gasteiger partial charge on any atom is 0.265 e. The maximum atomic E-state index is 11.9. The fourth-order valence-corrected chi connectivity index (χ4v) is 2.58. The Hall–Kier alpha value is -2.02. The normalized spacial score (nSPS) is 11.4. The van der Waals surface area contributed by atoms with E-state index < -0.39 is 10.0 Å². The molecule has 2 aromatic rings. The van der Waals surface area contributed by atoms with Crippen molar-refractivity contribution in [1.29, 1.82) is 0 Å². The third-order valence-electron chi connectivity index (χ3n) is 2.17. The first-order valence-corrected chi connectivity index (χ1v) is 6.29. The number of benzene rings is 1. The second-order valence-electron chi connectivity index (χ2n) is 3.52. The third-order valence-corrected chi connectivity index (χ3v) is 3.67. The molecule has 6 nitrogen and oxygen atoms in total. The lowest BCUT2D eigenvalue weighted by molar-refractivity contribution is 0.475. The Morgan fingerprint density at radius 2 is 2.18 bits per heavy atom. The van der Waals surface area contributed by atoms with Gasteiger partial charge in [-0.1, -0.05) is 6.07 Å². The van der Waals surface area contributed by atoms with Crippen molar-refractivity contribution in [2.24, 2.45) is 0 Å². The number of H-pyrrole nitrogens is 1. The summed E-state index contributed by atoms with van der Waals surface area (Å²) in [4.78, 5) is 0.0841. The van der Waals surface area contributed by atoms with E-state index in [0.717, 1.165) is 0 Å². The zero-order valence-corrected chi connectivity index (χ0v) is 9.82. The second-order valence-corrected chi connectivity index (χ2v) is 5.17. The number of phenolic OH excluding ortho intramolecular Hbond substituents is 1. The number of aromatic amines is 1. The van der Waals surface area contributed by atoms with Crippen LogP contribution in [0.4, 0.5) is 5.69 Å². The van der Waals surface area contributed by atoms with E-state index in [4.69, 9.17) is 0 Å². The van der Waals surface area contributed by atoms with Crippen molar-refractivity contribution < 1.29 is 13.5 Å². The van der Waals surface area contributed by atoms with Crippen molar-refractivity contribution in [3.8, 4) is 5.75 Å². The standard InChI is InChI=1S/C10H11N3O3S/c1-7-10(6-11-12-7)17(15,16)13-8-3-2-4-9(14)5-8/h2-6,13-14H,1H3,(H,11,12). The summed E-state index contributed by atoms with van der Waals surface area (Å²) in [5.74, 6) is -0.00545. The summed E-state index contributed by atoms with van der Waals surface area (Å²) < 4.78 is 26.2. The Morgan fingerprint density at radius 1 is 1.41 bits per heavy atom. The zero-order chi connectivity index (χ0) is 12.5. The van der Waals surface area contributed by atoms with Gasteiger partial charge in [-0.15, -0.1) is 0 Å². The average molecular weight is 253 g/mol. The molecule has 0 bridgehead atoms. The molecule has 0 saturated carbocycles. The second kappa shape index (κ2) is 4.10. The van der Waals surface area contributed by atoms with Gasteiger partial charge >= 0.3 is 0 Å². The number of nitrogens with zero attached hydrogens (tertiary/aromatic N) is 1. The quantitative estimate of drug-likeness (QED) is 0.766. The molecular weight excluding hydrogens is 242 g/mol. The van der Waals surface area contributed by atoms with Crippen LogP contribution < -0.4 is 4.72 Å². The number of aromatic nitrogens is 2. The summed E-state index contributed by atoms with van der Waals surface area (Å²) in [6.45, 7) is 1.62. The van der Waals surface area contributed by atoms with Crippen LogP contribution in [0.5, 0.6) is 5.75 Å². The predicted molar refractivity (Wildman–Crippen MR) is 62.2 cm³/mol. The number of aromatic hydroxyl groups is 1. The highest BCUT2D eigenvalue weighted by atomic mass is 32.2. The summed E-state index contributed by atoms with van der Waals surface area (Å²) in [5.41, 5.74) is 0.753. The molecule has 2 rings (SSSR count). The van der Waals surface area contributed by atoms with Crippen LogP contribution in [0.2, 0.25) is 0 Å². The number of anilines is 1. The van der Waals surface area contributed by atoms with Gasteiger partial charge in [0.15, 0.2) is 0 Å². The highest BCUT2D eigenvalue weighted by Crippen LogP contribution is 2.20. The minimum atomic E-state index is -3.67. The van der Waals surface area contributed by atoms with Crippen molar-refractivity contribution in [3.63, 3.8) is 0 Å². The van der Waals surface area contributed by atoms with Gasteiger partial charge in [-0.25, -0.2) is 8.42 Å². The van der Waals surface area contributed by atoms with Crippen molar-refractivity contribution in [2.75, 3.05) is 4.72 Å². The molecule has 1 aromatic heterocycles. The van der Waals surface area contributed by atoms with Crippen LogP contribution in [-0.4, -0.2) is 23.7 Å². The van der Waals surface area contributed by atoms with E-state index >= 15 is 0 Å². The summed E-state index contributed by atoms with van der Waals surface area (Å²) in [6.07, 6.45) is 1.24. The summed E-state index contributed by atoms with van der Waals surface area (Å²) >= 11 is 0. The van der Waals surface area contributed by atoms with Gasteiger partial charge in [0.2, 0.25) is 0 Å². The summed E-state index contributed by atoms with van der Waals surface area (Å²) in [6, 6.07) is 5.88. The molecule has 0 atom stereocenters. The van der Waals surface area contributed by atoms with Crippen molar-refractivity contribution in [2.45, 2.75) is 11.8 Å². The van der Waals surface area contributed by atoms with Crippen molar-refractivity contribution >= 4 is 15.7 Å². The minimum Gasteiger partial charge on any atom is -0.508 e. The van der Waals surface area contributed by atoms with Gasteiger partial charge in [-0.05, 0) is 19.1 Å². The number of rotatable bonds is 3. The lowest BCUT2D eigenvalue weighted by atomic mass is 10.3. The summed E-state index contributed by atoms with van der Waals surface area (Å²) in [5, 5.41) is 15.4. The lowest BCUT2D eigenvalue weighted by Crippen LogP contribution is -2.13. The largest absolute Gasteiger partial charge is 0.508 e. The fraction of sp³-hybridized carbons (Fsp3) is 0.100. The number of aryl methyl sites for hydroxylation is 1. The molecule has 7 heteroatoms. The van der Waals surface area contributed by atoms with Crippen LogP contribution in [0, 0.1) is 6.92 Å². The Balaban J connectivity index is 2.33. The van der Waals surface area contributed by atoms with Gasteiger partial charge in [0.1, 0.15) is 10.6 Å². The Kier molecular flexibility index (Phi) is 2.76. The number of phenols is 1. The molecule has 0 amide bonds. The van der Waals surface area contributed by atoms with Crippen LogP contribution in [0.25, 0.3) is 0 Å². The van der Waals surface area contributed by atoms with Crippen LogP contribution >= 0.6 is 0 Å². The Labute approximate surface area is 98.4 Å². The van der Waals surface area contributed by atoms with Gasteiger partial charge in [0.25, 0.3) is 10.0 Å². The Bertz CT molecular complexity index is 634. The van der Waals surface area contributed by atoms with Gasteiger partial charge in [-0.2, -0.15) is 5.10 Å². The fourth-order valence-electron chi connectivity index (χ4n) is 1.39. The monoisotopic (exact) mass is 253 g/mol. The van der Waals surface area contributed by atoms with Crippen LogP contribution in [0.15, 0.2) is 35.4 Å². The minimum absolute atomic E-state index is 0.00545. The number of nitrogens with one attached hydrogen (secondary N) is 2. The van der Waals surface area contributed by atoms with Crippen LogP contribution in [-0.2, 0) is 10.0 Å². The Morgan fingerprint density at radius 3 is 2.76 bits per heavy atom. The average Bonchev–Trinajstić information content (AvgIpc) is 2.64. The van der Waals surface area contributed by atoms with Gasteiger partial charge < -0.3 is 5.11 Å². The first-order valence-electron chi connectivity index (χ1n) is 4.81. The molecule has 90 valence electrons. The molecule has 0 spiro atoms. The molecule has 3 N–H and O–H groups in total. The van der Waals surface area contributed by atoms with Crippen LogP contribution in [0.1, 0.15) is 5.69 Å². The number of sulfonamides is 1. The SMILES string of the molecule is Cc1[nH]ncc1S(=O)(=O)Nc1cccc(O)c1. The molecule has 1 aromatic carbocycles. The number of hydrogen-bond donors (Lipinski definition) is 3. The van der Waals surface area contributed by atoms with Crippen LogP contribution in [0.3, 0.4) is 0 Å². The molecular formula is C10H11N3O3S. The molecule has 0 fully saturated rings. The van der Waals surface area contributed by atoms with E-state index in [2.05, 4.69) is 14.9 Å². The molecule has 0 aliphatic heterocycles. The number of hydrogen-bond acceptors (Lipinski definition) is 4. The molecule has 0 unspecified atom stereocenters. The van der Waals surface area contributed by atoms with Gasteiger partial charge in [-0.3, -0.25) is 9.82 Å². The molecule has 0 aliphatic rings. The van der Waals surface area contributed by atoms with E-state index in [1.54, 1.807) is 19.1 Å². The predicted octanol–water partition coefficient (Wildman–Crippen LogP) is 1.22. The molecule has 17 heavy (non-hydrogen) atoms. The molecule has 1 heterocycles. The van der Waals surface area contributed by atoms with Gasteiger partial charge in [0.05, 0.1) is 17.6 Å². The first kappa shape index (κ1) is 11.5. The zero-order valence-electron chi connectivity index (χ0n) is 9.01. The molecule has 0 aliphatic carbocycles. The highest BCUT2D eigenvalue weighted by Gasteiger charge is 2.18. The topological polar surface area (TPSA) is 95.1 Å². The van der Waals surface area contributed by atoms with E-state index in [1.165, 1.54) is 18.3 Å². The van der Waals surface area contributed by atoms with E-state index in [-0.39, 0.29) is 10.6 Å². The van der Waals surface area contributed by atoms with Crippen molar-refractivity contribution in [3.05, 3.63) is 36.2 Å². The molecule has 0 radical (unpaired) electrons. The van der Waals surface area contributed by atoms with Gasteiger partial charge in [0, 0.05) is 6.07 Å². The first-order chi connectivity index (χ1) is 7.99. The lowest BCUT2D eigenvalue weighted by Gasteiger charge is -2.07. The van der Waals surface area contributed by atoms with E-state index in [1.807, 2.05) is 0 Å². The summed E-state index contributed by atoms with van der Waals surface area (Å²) in [7, 11) is -3.67. The third kappa shape index (κ3) is 2.39. The maximum absolute atomic E-state index is 11.9. The molecule has 0 saturated heterocycles. The van der Waals surface area contributed by atoms with E-state index in [9.17, 15) is 13.5 Å². The van der Waals surface area contributed by atoms with E-state index in [0.29, 0.717) is 11.4 Å². The highest BCUT2D eigenvalue weighted by molar-refractivity contribution is 7.92.